The Morgan fingerprint density at radius 2 is 1.85 bits per heavy atom. The number of ether oxygens (including phenoxy) is 1. The van der Waals surface area contributed by atoms with Crippen LogP contribution >= 0.6 is 0 Å². The van der Waals surface area contributed by atoms with Crippen LogP contribution in [0.2, 0.25) is 0 Å². The number of rotatable bonds is 9. The van der Waals surface area contributed by atoms with Gasteiger partial charge in [-0.25, -0.2) is 0 Å². The molecule has 0 aromatic heterocycles. The molecule has 0 unspecified atom stereocenters. The minimum absolute atomic E-state index is 0.236. The van der Waals surface area contributed by atoms with Crippen LogP contribution < -0.4 is 5.73 Å². The molecule has 1 rings (SSSR count). The summed E-state index contributed by atoms with van der Waals surface area (Å²) in [6.07, 6.45) is 7.43. The molecule has 0 aromatic carbocycles. The summed E-state index contributed by atoms with van der Waals surface area (Å²) >= 11 is 0. The highest BCUT2D eigenvalue weighted by Gasteiger charge is 2.27. The third-order valence-electron chi connectivity index (χ3n) is 4.08. The maximum Gasteiger partial charge on any atom is 0.225 e. The van der Waals surface area contributed by atoms with Crippen LogP contribution in [0.25, 0.3) is 0 Å². The van der Waals surface area contributed by atoms with E-state index in [-0.39, 0.29) is 5.92 Å². The van der Waals surface area contributed by atoms with Gasteiger partial charge in [0.05, 0.1) is 6.10 Å². The number of nitrogens with zero attached hydrogens (tertiary/aromatic N) is 1. The molecule has 1 amide bonds. The lowest BCUT2D eigenvalue weighted by Crippen LogP contribution is -2.43. The Bertz CT molecular complexity index is 257. The number of carbonyl (C=O) groups excluding carboxylic acids is 1. The first-order valence-electron chi connectivity index (χ1n) is 8.33. The van der Waals surface area contributed by atoms with Crippen LogP contribution in [0.3, 0.4) is 0 Å². The van der Waals surface area contributed by atoms with Gasteiger partial charge in [-0.2, -0.15) is 0 Å². The van der Waals surface area contributed by atoms with Gasteiger partial charge in [-0.3, -0.25) is 4.79 Å². The molecule has 0 saturated carbocycles. The smallest absolute Gasteiger partial charge is 0.225 e. The second-order valence-electron chi connectivity index (χ2n) is 5.81. The SMILES string of the molecule is CCCC(CCC)C(=O)N1CCC(OCCCN)CC1. The number of hydrogen-bond acceptors (Lipinski definition) is 3. The molecule has 4 heteroatoms. The van der Waals surface area contributed by atoms with Crippen molar-refractivity contribution < 1.29 is 9.53 Å². The number of carbonyl (C=O) groups is 1. The quantitative estimate of drug-likeness (QED) is 0.662. The Kier molecular flexibility index (Phi) is 8.86. The Morgan fingerprint density at radius 3 is 2.35 bits per heavy atom. The van der Waals surface area contributed by atoms with Crippen LogP contribution in [0.4, 0.5) is 0 Å². The molecule has 1 aliphatic rings. The summed E-state index contributed by atoms with van der Waals surface area (Å²) in [4.78, 5) is 14.6. The molecule has 0 bridgehead atoms. The highest BCUT2D eigenvalue weighted by atomic mass is 16.5. The summed E-state index contributed by atoms with van der Waals surface area (Å²) in [5.41, 5.74) is 5.46. The maximum atomic E-state index is 12.5. The van der Waals surface area contributed by atoms with Crippen LogP contribution in [0.15, 0.2) is 0 Å². The zero-order valence-electron chi connectivity index (χ0n) is 13.3. The van der Waals surface area contributed by atoms with Gasteiger partial charge in [0.1, 0.15) is 0 Å². The van der Waals surface area contributed by atoms with Crippen LogP contribution in [-0.4, -0.2) is 43.2 Å². The van der Waals surface area contributed by atoms with Gasteiger partial charge >= 0.3 is 0 Å². The van der Waals surface area contributed by atoms with E-state index in [9.17, 15) is 4.79 Å². The molecule has 2 N–H and O–H groups in total. The van der Waals surface area contributed by atoms with Gasteiger partial charge in [-0.15, -0.1) is 0 Å². The Labute approximate surface area is 124 Å². The Balaban J connectivity index is 2.33. The van der Waals surface area contributed by atoms with Crippen LogP contribution in [0.1, 0.15) is 58.8 Å². The molecule has 0 spiro atoms. The number of piperidine rings is 1. The van der Waals surface area contributed by atoms with Gasteiger partial charge < -0.3 is 15.4 Å². The van der Waals surface area contributed by atoms with Gasteiger partial charge in [0.25, 0.3) is 0 Å². The monoisotopic (exact) mass is 284 g/mol. The highest BCUT2D eigenvalue weighted by Crippen LogP contribution is 2.21. The van der Waals surface area contributed by atoms with E-state index in [1.54, 1.807) is 0 Å². The maximum absolute atomic E-state index is 12.5. The fraction of sp³-hybridized carbons (Fsp3) is 0.938. The van der Waals surface area contributed by atoms with Crippen molar-refractivity contribution in [2.45, 2.75) is 64.9 Å². The first-order valence-corrected chi connectivity index (χ1v) is 8.33. The summed E-state index contributed by atoms with van der Waals surface area (Å²) in [5, 5.41) is 0. The van der Waals surface area contributed by atoms with Crippen LogP contribution in [0.5, 0.6) is 0 Å². The van der Waals surface area contributed by atoms with Gasteiger partial charge in [0, 0.05) is 25.6 Å². The van der Waals surface area contributed by atoms with Crippen molar-refractivity contribution in [2.75, 3.05) is 26.2 Å². The van der Waals surface area contributed by atoms with E-state index < -0.39 is 0 Å². The first-order chi connectivity index (χ1) is 9.72. The van der Waals surface area contributed by atoms with Crippen LogP contribution in [-0.2, 0) is 9.53 Å². The molecular weight excluding hydrogens is 252 g/mol. The first kappa shape index (κ1) is 17.4. The summed E-state index contributed by atoms with van der Waals surface area (Å²) in [5.74, 6) is 0.605. The fourth-order valence-electron chi connectivity index (χ4n) is 2.92. The number of nitrogens with two attached hydrogens (primary N) is 1. The topological polar surface area (TPSA) is 55.6 Å². The summed E-state index contributed by atoms with van der Waals surface area (Å²) in [6, 6.07) is 0. The van der Waals surface area contributed by atoms with E-state index >= 15 is 0 Å². The lowest BCUT2D eigenvalue weighted by atomic mass is 9.95. The minimum atomic E-state index is 0.236. The van der Waals surface area contributed by atoms with Crippen molar-refractivity contribution >= 4 is 5.91 Å². The predicted octanol–water partition coefficient (Wildman–Crippen LogP) is 2.56. The van der Waals surface area contributed by atoms with Gasteiger partial charge in [0.15, 0.2) is 0 Å². The zero-order chi connectivity index (χ0) is 14.8. The van der Waals surface area contributed by atoms with Crippen molar-refractivity contribution in [3.8, 4) is 0 Å². The normalized spacial score (nSPS) is 16.9. The molecule has 0 radical (unpaired) electrons. The van der Waals surface area contributed by atoms with Crippen molar-refractivity contribution in [3.63, 3.8) is 0 Å². The number of hydrogen-bond donors (Lipinski definition) is 1. The average molecular weight is 284 g/mol. The summed E-state index contributed by atoms with van der Waals surface area (Å²) in [6.45, 7) is 7.48. The van der Waals surface area contributed by atoms with E-state index in [0.717, 1.165) is 64.6 Å². The molecule has 20 heavy (non-hydrogen) atoms. The molecule has 0 aromatic rings. The van der Waals surface area contributed by atoms with E-state index in [1.807, 2.05) is 0 Å². The number of likely N-dealkylation sites (tertiary alicyclic amines) is 1. The van der Waals surface area contributed by atoms with Crippen molar-refractivity contribution in [3.05, 3.63) is 0 Å². The lowest BCUT2D eigenvalue weighted by Gasteiger charge is -2.34. The molecule has 1 heterocycles. The third-order valence-corrected chi connectivity index (χ3v) is 4.08. The number of amides is 1. The standard InChI is InChI=1S/C16H32N2O2/c1-3-6-14(7-4-2)16(19)18-11-8-15(9-12-18)20-13-5-10-17/h14-15H,3-13,17H2,1-2H3. The highest BCUT2D eigenvalue weighted by molar-refractivity contribution is 5.78. The Morgan fingerprint density at radius 1 is 1.25 bits per heavy atom. The van der Waals surface area contributed by atoms with Gasteiger partial charge in [0.2, 0.25) is 5.91 Å². The van der Waals surface area contributed by atoms with Crippen LogP contribution in [0, 0.1) is 5.92 Å². The van der Waals surface area contributed by atoms with E-state index in [1.165, 1.54) is 0 Å². The second-order valence-corrected chi connectivity index (χ2v) is 5.81. The van der Waals surface area contributed by atoms with Gasteiger partial charge in [-0.1, -0.05) is 26.7 Å². The van der Waals surface area contributed by atoms with E-state index in [2.05, 4.69) is 18.7 Å². The predicted molar refractivity (Wildman–Crippen MR) is 82.5 cm³/mol. The molecule has 118 valence electrons. The lowest BCUT2D eigenvalue weighted by molar-refractivity contribution is -0.138. The van der Waals surface area contributed by atoms with Crippen molar-refractivity contribution in [1.29, 1.82) is 0 Å². The summed E-state index contributed by atoms with van der Waals surface area (Å²) in [7, 11) is 0. The molecule has 1 aliphatic heterocycles. The van der Waals surface area contributed by atoms with E-state index in [4.69, 9.17) is 10.5 Å². The Hall–Kier alpha value is -0.610. The molecule has 1 fully saturated rings. The minimum Gasteiger partial charge on any atom is -0.378 e. The van der Waals surface area contributed by atoms with Crippen molar-refractivity contribution in [2.24, 2.45) is 11.7 Å². The van der Waals surface area contributed by atoms with Gasteiger partial charge in [-0.05, 0) is 38.6 Å². The zero-order valence-corrected chi connectivity index (χ0v) is 13.3. The largest absolute Gasteiger partial charge is 0.378 e. The van der Waals surface area contributed by atoms with E-state index in [0.29, 0.717) is 18.6 Å². The molecular formula is C16H32N2O2. The third kappa shape index (κ3) is 5.80. The molecule has 4 nitrogen and oxygen atoms in total. The fourth-order valence-corrected chi connectivity index (χ4v) is 2.92. The summed E-state index contributed by atoms with van der Waals surface area (Å²) < 4.78 is 5.79. The molecule has 1 saturated heterocycles. The molecule has 0 aliphatic carbocycles. The van der Waals surface area contributed by atoms with Crippen molar-refractivity contribution in [1.82, 2.24) is 4.90 Å². The second kappa shape index (κ2) is 10.2. The molecule has 0 atom stereocenters. The average Bonchev–Trinajstić information content (AvgIpc) is 2.47.